The van der Waals surface area contributed by atoms with Crippen molar-refractivity contribution in [3.63, 3.8) is 0 Å². The summed E-state index contributed by atoms with van der Waals surface area (Å²) in [7, 11) is 0. The van der Waals surface area contributed by atoms with E-state index in [0.29, 0.717) is 0 Å². The maximum absolute atomic E-state index is 11.2. The fraction of sp³-hybridized carbons (Fsp3) is 0.222. The quantitative estimate of drug-likeness (QED) is 0.678. The number of amides is 2. The van der Waals surface area contributed by atoms with E-state index in [1.54, 1.807) is 6.20 Å². The highest BCUT2D eigenvalue weighted by Gasteiger charge is 2.24. The van der Waals surface area contributed by atoms with Gasteiger partial charge in [-0.15, -0.1) is 11.3 Å². The van der Waals surface area contributed by atoms with Gasteiger partial charge in [0.25, 0.3) is 11.8 Å². The number of carbonyl (C=O) groups excluding carboxylic acids is 2. The zero-order valence-corrected chi connectivity index (χ0v) is 8.37. The molecule has 0 spiro atoms. The molecule has 0 aromatic carbocycles. The second-order valence-electron chi connectivity index (χ2n) is 2.96. The van der Waals surface area contributed by atoms with E-state index in [9.17, 15) is 9.59 Å². The molecule has 2 rings (SSSR count). The number of thiazole rings is 1. The summed E-state index contributed by atoms with van der Waals surface area (Å²) in [5.74, 6) is -0.522. The molecular weight excluding hydrogens is 200 g/mol. The highest BCUT2D eigenvalue weighted by Crippen LogP contribution is 2.15. The van der Waals surface area contributed by atoms with Crippen LogP contribution in [0, 0.1) is 6.92 Å². The summed E-state index contributed by atoms with van der Waals surface area (Å²) in [5.41, 5.74) is 0. The average molecular weight is 208 g/mol. The van der Waals surface area contributed by atoms with Gasteiger partial charge in [-0.25, -0.2) is 4.98 Å². The minimum Gasteiger partial charge on any atom is -0.269 e. The molecule has 4 nitrogen and oxygen atoms in total. The molecule has 0 unspecified atom stereocenters. The van der Waals surface area contributed by atoms with Gasteiger partial charge in [-0.3, -0.25) is 14.5 Å². The molecule has 0 radical (unpaired) electrons. The first kappa shape index (κ1) is 9.08. The fourth-order valence-electron chi connectivity index (χ4n) is 1.20. The standard InChI is InChI=1S/C9H8N2O2S/c1-6-4-10-7(14-6)5-11-8(12)2-3-9(11)13/h2-4H,5H2,1H3. The molecule has 14 heavy (non-hydrogen) atoms. The van der Waals surface area contributed by atoms with Crippen molar-refractivity contribution in [2.24, 2.45) is 0 Å². The monoisotopic (exact) mass is 208 g/mol. The fourth-order valence-corrected chi connectivity index (χ4v) is 1.97. The van der Waals surface area contributed by atoms with Gasteiger partial charge in [0.1, 0.15) is 5.01 Å². The van der Waals surface area contributed by atoms with Gasteiger partial charge in [0.2, 0.25) is 0 Å². The van der Waals surface area contributed by atoms with Crippen molar-refractivity contribution in [3.8, 4) is 0 Å². The van der Waals surface area contributed by atoms with E-state index in [1.807, 2.05) is 6.92 Å². The summed E-state index contributed by atoms with van der Waals surface area (Å²) in [4.78, 5) is 28.7. The second kappa shape index (κ2) is 3.34. The normalized spacial score (nSPS) is 15.6. The minimum atomic E-state index is -0.261. The third-order valence-electron chi connectivity index (χ3n) is 1.86. The lowest BCUT2D eigenvalue weighted by molar-refractivity contribution is -0.137. The predicted octanol–water partition coefficient (Wildman–Crippen LogP) is 0.877. The number of aromatic nitrogens is 1. The van der Waals surface area contributed by atoms with Gasteiger partial charge in [0, 0.05) is 23.2 Å². The molecule has 2 heterocycles. The van der Waals surface area contributed by atoms with Crippen molar-refractivity contribution >= 4 is 23.2 Å². The molecular formula is C9H8N2O2S. The van der Waals surface area contributed by atoms with Crippen LogP contribution >= 0.6 is 11.3 Å². The number of imide groups is 1. The molecule has 0 saturated carbocycles. The maximum atomic E-state index is 11.2. The van der Waals surface area contributed by atoms with E-state index in [1.165, 1.54) is 28.4 Å². The Balaban J connectivity index is 2.12. The SMILES string of the molecule is Cc1cnc(CN2C(=O)C=CC2=O)s1. The van der Waals surface area contributed by atoms with Crippen LogP contribution in [0.4, 0.5) is 0 Å². The minimum absolute atomic E-state index is 0.261. The van der Waals surface area contributed by atoms with Crippen molar-refractivity contribution in [3.05, 3.63) is 28.2 Å². The van der Waals surface area contributed by atoms with Crippen molar-refractivity contribution < 1.29 is 9.59 Å². The molecule has 0 saturated heterocycles. The smallest absolute Gasteiger partial charge is 0.254 e. The molecule has 2 amide bonds. The second-order valence-corrected chi connectivity index (χ2v) is 4.28. The Labute approximate surface area is 84.9 Å². The van der Waals surface area contributed by atoms with Crippen LogP contribution in [0.1, 0.15) is 9.88 Å². The number of hydrogen-bond donors (Lipinski definition) is 0. The van der Waals surface area contributed by atoms with E-state index >= 15 is 0 Å². The Bertz CT molecular complexity index is 404. The van der Waals surface area contributed by atoms with Gasteiger partial charge in [0.15, 0.2) is 0 Å². The lowest BCUT2D eigenvalue weighted by Gasteiger charge is -2.10. The molecule has 0 bridgehead atoms. The van der Waals surface area contributed by atoms with Crippen LogP contribution in [-0.2, 0) is 16.1 Å². The number of carbonyl (C=O) groups is 2. The van der Waals surface area contributed by atoms with E-state index in [-0.39, 0.29) is 18.4 Å². The van der Waals surface area contributed by atoms with Crippen LogP contribution in [0.3, 0.4) is 0 Å². The zero-order valence-electron chi connectivity index (χ0n) is 7.56. The van der Waals surface area contributed by atoms with E-state index < -0.39 is 0 Å². The number of aryl methyl sites for hydroxylation is 1. The lowest BCUT2D eigenvalue weighted by Crippen LogP contribution is -2.29. The lowest BCUT2D eigenvalue weighted by atomic mass is 10.5. The van der Waals surface area contributed by atoms with Crippen molar-refractivity contribution in [1.82, 2.24) is 9.88 Å². The first-order chi connectivity index (χ1) is 6.66. The van der Waals surface area contributed by atoms with Gasteiger partial charge in [-0.2, -0.15) is 0 Å². The third kappa shape index (κ3) is 1.58. The van der Waals surface area contributed by atoms with Crippen molar-refractivity contribution in [2.45, 2.75) is 13.5 Å². The summed E-state index contributed by atoms with van der Waals surface area (Å²) in [6, 6.07) is 0. The van der Waals surface area contributed by atoms with Crippen molar-refractivity contribution in [1.29, 1.82) is 0 Å². The molecule has 1 aliphatic heterocycles. The molecule has 0 atom stereocenters. The summed E-state index contributed by atoms with van der Waals surface area (Å²) >= 11 is 1.49. The number of nitrogens with zero attached hydrogens (tertiary/aromatic N) is 2. The van der Waals surface area contributed by atoms with Gasteiger partial charge >= 0.3 is 0 Å². The van der Waals surface area contributed by atoms with E-state index in [0.717, 1.165) is 9.88 Å². The van der Waals surface area contributed by atoms with Crippen LogP contribution in [-0.4, -0.2) is 21.7 Å². The highest BCUT2D eigenvalue weighted by molar-refractivity contribution is 7.11. The summed E-state index contributed by atoms with van der Waals surface area (Å²) < 4.78 is 0. The van der Waals surface area contributed by atoms with Crippen LogP contribution in [0.5, 0.6) is 0 Å². The van der Waals surface area contributed by atoms with Gasteiger partial charge in [-0.1, -0.05) is 0 Å². The molecule has 0 fully saturated rings. The van der Waals surface area contributed by atoms with Gasteiger partial charge < -0.3 is 0 Å². The predicted molar refractivity (Wildman–Crippen MR) is 51.5 cm³/mol. The number of hydrogen-bond acceptors (Lipinski definition) is 4. The molecule has 1 aromatic heterocycles. The molecule has 1 aliphatic rings. The largest absolute Gasteiger partial charge is 0.269 e. The van der Waals surface area contributed by atoms with Crippen LogP contribution in [0.25, 0.3) is 0 Å². The summed E-state index contributed by atoms with van der Waals surface area (Å²) in [6.07, 6.45) is 4.30. The Kier molecular flexibility index (Phi) is 2.17. The molecule has 5 heteroatoms. The Morgan fingerprint density at radius 1 is 1.36 bits per heavy atom. The van der Waals surface area contributed by atoms with E-state index in [2.05, 4.69) is 4.98 Å². The Morgan fingerprint density at radius 3 is 2.50 bits per heavy atom. The molecule has 1 aromatic rings. The first-order valence-electron chi connectivity index (χ1n) is 4.11. The molecule has 0 N–H and O–H groups in total. The van der Waals surface area contributed by atoms with Gasteiger partial charge in [-0.05, 0) is 6.92 Å². The third-order valence-corrected chi connectivity index (χ3v) is 2.76. The molecule has 72 valence electrons. The highest BCUT2D eigenvalue weighted by atomic mass is 32.1. The van der Waals surface area contributed by atoms with E-state index in [4.69, 9.17) is 0 Å². The maximum Gasteiger partial charge on any atom is 0.254 e. The van der Waals surface area contributed by atoms with Crippen LogP contribution in [0.2, 0.25) is 0 Å². The Morgan fingerprint density at radius 2 is 2.00 bits per heavy atom. The summed E-state index contributed by atoms with van der Waals surface area (Å²) in [6.45, 7) is 2.22. The van der Waals surface area contributed by atoms with Crippen LogP contribution < -0.4 is 0 Å². The topological polar surface area (TPSA) is 50.3 Å². The van der Waals surface area contributed by atoms with Gasteiger partial charge in [0.05, 0.1) is 6.54 Å². The average Bonchev–Trinajstić information content (AvgIpc) is 2.67. The van der Waals surface area contributed by atoms with Crippen molar-refractivity contribution in [2.75, 3.05) is 0 Å². The first-order valence-corrected chi connectivity index (χ1v) is 4.93. The zero-order chi connectivity index (χ0) is 10.1. The summed E-state index contributed by atoms with van der Waals surface area (Å²) in [5, 5.41) is 0.785. The number of rotatable bonds is 2. The Hall–Kier alpha value is -1.49. The molecule has 0 aliphatic carbocycles. The van der Waals surface area contributed by atoms with Crippen LogP contribution in [0.15, 0.2) is 18.3 Å².